The van der Waals surface area contributed by atoms with Gasteiger partial charge in [-0.3, -0.25) is 4.79 Å². The first-order valence-corrected chi connectivity index (χ1v) is 7.88. The standard InChI is InChI=1S/C14H21BrO2/c1-2-12(15)17-13(16)14-6-9-3-10(7-14)5-11(4-9)8-14/h9-12H,2-8H2,1H3. The maximum Gasteiger partial charge on any atom is 0.313 e. The van der Waals surface area contributed by atoms with Crippen LogP contribution in [0.25, 0.3) is 0 Å². The zero-order valence-corrected chi connectivity index (χ0v) is 12.0. The lowest BCUT2D eigenvalue weighted by molar-refractivity contribution is -0.172. The summed E-state index contributed by atoms with van der Waals surface area (Å²) in [5, 5.41) is -0.0944. The van der Waals surface area contributed by atoms with Crippen LogP contribution in [0.5, 0.6) is 0 Å². The highest BCUT2D eigenvalue weighted by Gasteiger charge is 2.55. The quantitative estimate of drug-likeness (QED) is 0.584. The molecule has 17 heavy (non-hydrogen) atoms. The minimum Gasteiger partial charge on any atom is -0.450 e. The Balaban J connectivity index is 1.75. The van der Waals surface area contributed by atoms with Crippen LogP contribution < -0.4 is 0 Å². The van der Waals surface area contributed by atoms with E-state index in [4.69, 9.17) is 4.74 Å². The molecule has 0 spiro atoms. The zero-order valence-electron chi connectivity index (χ0n) is 10.5. The van der Waals surface area contributed by atoms with E-state index in [0.717, 1.165) is 43.4 Å². The normalized spacial score (nSPS) is 44.7. The summed E-state index contributed by atoms with van der Waals surface area (Å²) in [6.45, 7) is 2.03. The van der Waals surface area contributed by atoms with E-state index in [9.17, 15) is 4.79 Å². The molecule has 0 heterocycles. The predicted molar refractivity (Wildman–Crippen MR) is 69.7 cm³/mol. The lowest BCUT2D eigenvalue weighted by atomic mass is 9.49. The molecule has 0 aromatic carbocycles. The van der Waals surface area contributed by atoms with Crippen LogP contribution in [0.15, 0.2) is 0 Å². The van der Waals surface area contributed by atoms with Gasteiger partial charge in [0.2, 0.25) is 0 Å². The summed E-state index contributed by atoms with van der Waals surface area (Å²) in [5.74, 6) is 2.51. The van der Waals surface area contributed by atoms with Gasteiger partial charge in [0, 0.05) is 0 Å². The summed E-state index contributed by atoms with van der Waals surface area (Å²) >= 11 is 3.41. The summed E-state index contributed by atoms with van der Waals surface area (Å²) in [4.78, 5) is 12.4. The van der Waals surface area contributed by atoms with Crippen LogP contribution in [0.4, 0.5) is 0 Å². The molecular formula is C14H21BrO2. The Morgan fingerprint density at radius 1 is 1.24 bits per heavy atom. The molecule has 4 rings (SSSR count). The van der Waals surface area contributed by atoms with E-state index < -0.39 is 0 Å². The molecule has 3 heteroatoms. The van der Waals surface area contributed by atoms with Crippen molar-refractivity contribution in [2.45, 2.75) is 56.9 Å². The van der Waals surface area contributed by atoms with Crippen molar-refractivity contribution in [1.82, 2.24) is 0 Å². The fourth-order valence-corrected chi connectivity index (χ4v) is 4.85. The lowest BCUT2D eigenvalue weighted by Gasteiger charge is -2.55. The van der Waals surface area contributed by atoms with E-state index in [0.29, 0.717) is 0 Å². The number of hydrogen-bond acceptors (Lipinski definition) is 2. The number of rotatable bonds is 3. The van der Waals surface area contributed by atoms with Crippen LogP contribution in [0.2, 0.25) is 0 Å². The van der Waals surface area contributed by atoms with Gasteiger partial charge in [-0.1, -0.05) is 6.92 Å². The van der Waals surface area contributed by atoms with Crippen molar-refractivity contribution in [2.24, 2.45) is 23.2 Å². The number of hydrogen-bond donors (Lipinski definition) is 0. The fraction of sp³-hybridized carbons (Fsp3) is 0.929. The molecule has 1 atom stereocenters. The Bertz CT molecular complexity index is 291. The van der Waals surface area contributed by atoms with Crippen molar-refractivity contribution in [2.75, 3.05) is 0 Å². The van der Waals surface area contributed by atoms with Gasteiger partial charge in [-0.05, 0) is 78.6 Å². The molecule has 4 aliphatic carbocycles. The van der Waals surface area contributed by atoms with E-state index in [1.807, 2.05) is 6.92 Å². The molecule has 1 unspecified atom stereocenters. The Labute approximate surface area is 112 Å². The zero-order chi connectivity index (χ0) is 12.0. The first kappa shape index (κ1) is 12.0. The van der Waals surface area contributed by atoms with Gasteiger partial charge < -0.3 is 4.74 Å². The Kier molecular flexibility index (Phi) is 3.00. The van der Waals surface area contributed by atoms with Crippen LogP contribution in [-0.2, 0) is 9.53 Å². The van der Waals surface area contributed by atoms with Crippen LogP contribution in [-0.4, -0.2) is 11.0 Å². The van der Waals surface area contributed by atoms with E-state index in [1.54, 1.807) is 0 Å². The smallest absolute Gasteiger partial charge is 0.313 e. The molecule has 0 saturated heterocycles. The highest BCUT2D eigenvalue weighted by atomic mass is 79.9. The Hall–Kier alpha value is -0.0500. The van der Waals surface area contributed by atoms with Gasteiger partial charge in [0.05, 0.1) is 5.41 Å². The van der Waals surface area contributed by atoms with Gasteiger partial charge in [-0.2, -0.15) is 0 Å². The van der Waals surface area contributed by atoms with E-state index >= 15 is 0 Å². The molecule has 2 nitrogen and oxygen atoms in total. The average Bonchev–Trinajstić information content (AvgIpc) is 2.26. The molecule has 4 aliphatic rings. The molecule has 0 aromatic rings. The van der Waals surface area contributed by atoms with Crippen molar-refractivity contribution in [3.63, 3.8) is 0 Å². The molecule has 0 amide bonds. The predicted octanol–water partition coefficient (Wildman–Crippen LogP) is 3.88. The SMILES string of the molecule is CCC(Br)OC(=O)C12CC3CC(CC(C3)C1)C2. The topological polar surface area (TPSA) is 26.3 Å². The van der Waals surface area contributed by atoms with Crippen LogP contribution in [0.1, 0.15) is 51.9 Å². The second-order valence-corrected chi connectivity index (χ2v) is 7.44. The molecule has 0 aromatic heterocycles. The van der Waals surface area contributed by atoms with Crippen molar-refractivity contribution in [3.05, 3.63) is 0 Å². The van der Waals surface area contributed by atoms with Gasteiger partial charge in [0.25, 0.3) is 0 Å². The van der Waals surface area contributed by atoms with E-state index in [2.05, 4.69) is 15.9 Å². The average molecular weight is 301 g/mol. The number of carbonyl (C=O) groups excluding carboxylic acids is 1. The molecule has 96 valence electrons. The molecule has 4 fully saturated rings. The van der Waals surface area contributed by atoms with E-state index in [1.165, 1.54) is 19.3 Å². The van der Waals surface area contributed by atoms with Gasteiger partial charge in [-0.25, -0.2) is 0 Å². The maximum atomic E-state index is 12.4. The van der Waals surface area contributed by atoms with Crippen molar-refractivity contribution < 1.29 is 9.53 Å². The third-order valence-corrected chi connectivity index (χ3v) is 5.86. The molecule has 0 radical (unpaired) electrons. The highest BCUT2D eigenvalue weighted by molar-refractivity contribution is 9.09. The second kappa shape index (κ2) is 4.25. The largest absolute Gasteiger partial charge is 0.450 e. The molecular weight excluding hydrogens is 280 g/mol. The number of carbonyl (C=O) groups is 1. The van der Waals surface area contributed by atoms with Crippen molar-refractivity contribution in [3.8, 4) is 0 Å². The summed E-state index contributed by atoms with van der Waals surface area (Å²) < 4.78 is 5.56. The fourth-order valence-electron chi connectivity index (χ4n) is 4.69. The number of alkyl halides is 1. The maximum absolute atomic E-state index is 12.4. The van der Waals surface area contributed by atoms with Crippen LogP contribution >= 0.6 is 15.9 Å². The van der Waals surface area contributed by atoms with Gasteiger partial charge in [0.1, 0.15) is 0 Å². The number of halogens is 1. The Morgan fingerprint density at radius 2 is 1.71 bits per heavy atom. The summed E-state index contributed by atoms with van der Waals surface area (Å²) in [5.41, 5.74) is -0.101. The first-order chi connectivity index (χ1) is 8.11. The van der Waals surface area contributed by atoms with E-state index in [-0.39, 0.29) is 16.4 Å². The molecule has 4 saturated carbocycles. The summed E-state index contributed by atoms with van der Waals surface area (Å²) in [6.07, 6.45) is 8.26. The Morgan fingerprint density at radius 3 is 2.12 bits per heavy atom. The lowest BCUT2D eigenvalue weighted by Crippen LogP contribution is -2.50. The molecule has 0 aliphatic heterocycles. The number of ether oxygens (including phenoxy) is 1. The van der Waals surface area contributed by atoms with Gasteiger partial charge >= 0.3 is 5.97 Å². The third kappa shape index (κ3) is 2.05. The van der Waals surface area contributed by atoms with Crippen molar-refractivity contribution >= 4 is 21.9 Å². The summed E-state index contributed by atoms with van der Waals surface area (Å²) in [6, 6.07) is 0. The summed E-state index contributed by atoms with van der Waals surface area (Å²) in [7, 11) is 0. The second-order valence-electron chi connectivity index (χ2n) is 6.42. The monoisotopic (exact) mass is 300 g/mol. The van der Waals surface area contributed by atoms with Crippen LogP contribution in [0, 0.1) is 23.2 Å². The third-order valence-electron chi connectivity index (χ3n) is 5.03. The minimum atomic E-state index is -0.101. The molecule has 4 bridgehead atoms. The minimum absolute atomic E-state index is 0.0836. The van der Waals surface area contributed by atoms with Gasteiger partial charge in [-0.15, -0.1) is 0 Å². The first-order valence-electron chi connectivity index (χ1n) is 6.96. The van der Waals surface area contributed by atoms with Crippen LogP contribution in [0.3, 0.4) is 0 Å². The van der Waals surface area contributed by atoms with Crippen molar-refractivity contribution in [1.29, 1.82) is 0 Å². The van der Waals surface area contributed by atoms with Gasteiger partial charge in [0.15, 0.2) is 5.01 Å². The molecule has 0 N–H and O–H groups in total. The number of esters is 1. The highest BCUT2D eigenvalue weighted by Crippen LogP contribution is 2.60.